The topological polar surface area (TPSA) is 78.0 Å². The van der Waals surface area contributed by atoms with Gasteiger partial charge >= 0.3 is 0 Å². The van der Waals surface area contributed by atoms with E-state index in [2.05, 4.69) is 41.9 Å². The van der Waals surface area contributed by atoms with Crippen molar-refractivity contribution in [2.75, 3.05) is 32.7 Å². The Morgan fingerprint density at radius 1 is 1.09 bits per heavy atom. The molecule has 166 valence electrons. The zero-order chi connectivity index (χ0) is 22.4. The molecule has 3 aliphatic heterocycles. The number of Topliss-reactive ketones (excluding diaryl/α,β-unsaturated/α-hetero) is 1. The molecule has 3 aliphatic rings. The summed E-state index contributed by atoms with van der Waals surface area (Å²) in [6.07, 6.45) is 3.96. The van der Waals surface area contributed by atoms with Crippen LogP contribution in [0.4, 0.5) is 0 Å². The van der Waals surface area contributed by atoms with E-state index in [4.69, 9.17) is 0 Å². The number of pyridine rings is 2. The van der Waals surface area contributed by atoms with Crippen LogP contribution in [0.15, 0.2) is 55.0 Å². The van der Waals surface area contributed by atoms with Gasteiger partial charge < -0.3 is 4.98 Å². The summed E-state index contributed by atoms with van der Waals surface area (Å²) in [5.74, 6) is 0.289. The second-order valence-corrected chi connectivity index (χ2v) is 9.04. The van der Waals surface area contributed by atoms with Gasteiger partial charge in [0.1, 0.15) is 0 Å². The summed E-state index contributed by atoms with van der Waals surface area (Å²) in [6.45, 7) is 7.00. The molecule has 3 saturated heterocycles. The van der Waals surface area contributed by atoms with Crippen LogP contribution in [0.25, 0.3) is 33.5 Å². The van der Waals surface area contributed by atoms with E-state index in [0.717, 1.165) is 77.5 Å². The number of aromatic nitrogens is 4. The van der Waals surface area contributed by atoms with Crippen LogP contribution in [0.1, 0.15) is 11.3 Å². The van der Waals surface area contributed by atoms with Crippen LogP contribution in [0, 0.1) is 6.92 Å². The smallest absolute Gasteiger partial charge is 0.155 e. The molecule has 0 spiro atoms. The Kier molecular flexibility index (Phi) is 5.00. The highest BCUT2D eigenvalue weighted by Gasteiger charge is 2.35. The SMILES string of the molecule is Cc1cccc(-c2[nH]cnc2-c2ccc3ncc(CC(=O)C4CN5CCN4CC5)cc3c2)n1. The van der Waals surface area contributed by atoms with E-state index in [-0.39, 0.29) is 11.8 Å². The number of aryl methyl sites for hydroxylation is 1. The van der Waals surface area contributed by atoms with Crippen molar-refractivity contribution >= 4 is 16.7 Å². The number of benzene rings is 1. The number of ketones is 1. The van der Waals surface area contributed by atoms with Crippen molar-refractivity contribution < 1.29 is 4.79 Å². The molecule has 3 aromatic heterocycles. The third-order valence-corrected chi connectivity index (χ3v) is 6.82. The first kappa shape index (κ1) is 20.2. The number of fused-ring (bicyclic) bond motifs is 4. The van der Waals surface area contributed by atoms with Crippen LogP contribution >= 0.6 is 0 Å². The molecule has 2 bridgehead atoms. The van der Waals surface area contributed by atoms with Gasteiger partial charge in [-0.3, -0.25) is 24.6 Å². The minimum absolute atomic E-state index is 0.0166. The van der Waals surface area contributed by atoms with Gasteiger partial charge in [-0.15, -0.1) is 0 Å². The van der Waals surface area contributed by atoms with Crippen molar-refractivity contribution in [3.8, 4) is 22.6 Å². The molecule has 4 aromatic rings. The summed E-state index contributed by atoms with van der Waals surface area (Å²) < 4.78 is 0. The van der Waals surface area contributed by atoms with Gasteiger partial charge in [0, 0.05) is 62.0 Å². The van der Waals surface area contributed by atoms with Gasteiger partial charge in [-0.05, 0) is 42.8 Å². The number of rotatable bonds is 5. The number of H-pyrrole nitrogens is 1. The van der Waals surface area contributed by atoms with E-state index >= 15 is 0 Å². The van der Waals surface area contributed by atoms with Gasteiger partial charge in [0.2, 0.25) is 0 Å². The summed E-state index contributed by atoms with van der Waals surface area (Å²) >= 11 is 0. The van der Waals surface area contributed by atoms with Crippen molar-refractivity contribution in [3.05, 3.63) is 66.2 Å². The molecular formula is C26H26N6O. The largest absolute Gasteiger partial charge is 0.343 e. The monoisotopic (exact) mass is 438 g/mol. The Morgan fingerprint density at radius 2 is 1.97 bits per heavy atom. The molecule has 0 radical (unpaired) electrons. The highest BCUT2D eigenvalue weighted by Crippen LogP contribution is 2.30. The van der Waals surface area contributed by atoms with Gasteiger partial charge in [0.25, 0.3) is 0 Å². The third-order valence-electron chi connectivity index (χ3n) is 6.82. The van der Waals surface area contributed by atoms with Gasteiger partial charge in [-0.25, -0.2) is 4.98 Å². The lowest BCUT2D eigenvalue weighted by Crippen LogP contribution is -2.63. The molecule has 0 aliphatic carbocycles. The second-order valence-electron chi connectivity index (χ2n) is 9.04. The second kappa shape index (κ2) is 8.17. The Bertz CT molecular complexity index is 1340. The molecule has 1 N–H and O–H groups in total. The van der Waals surface area contributed by atoms with Crippen LogP contribution in [-0.4, -0.2) is 74.3 Å². The maximum atomic E-state index is 13.1. The molecule has 0 amide bonds. The summed E-state index contributed by atoms with van der Waals surface area (Å²) in [5.41, 5.74) is 6.45. The van der Waals surface area contributed by atoms with E-state index in [0.29, 0.717) is 6.42 Å². The van der Waals surface area contributed by atoms with Gasteiger partial charge in [0.05, 0.1) is 35.0 Å². The number of imidazole rings is 1. The van der Waals surface area contributed by atoms with Crippen LogP contribution in [0.2, 0.25) is 0 Å². The van der Waals surface area contributed by atoms with Crippen molar-refractivity contribution in [1.29, 1.82) is 0 Å². The van der Waals surface area contributed by atoms with Crippen molar-refractivity contribution in [2.45, 2.75) is 19.4 Å². The van der Waals surface area contributed by atoms with Crippen LogP contribution in [-0.2, 0) is 11.2 Å². The van der Waals surface area contributed by atoms with Gasteiger partial charge in [-0.2, -0.15) is 0 Å². The Balaban J connectivity index is 1.29. The minimum atomic E-state index is 0.0166. The number of hydrogen-bond donors (Lipinski definition) is 1. The number of nitrogens with zero attached hydrogens (tertiary/aromatic N) is 5. The highest BCUT2D eigenvalue weighted by molar-refractivity contribution is 5.90. The summed E-state index contributed by atoms with van der Waals surface area (Å²) in [5, 5.41) is 1.01. The zero-order valence-electron chi connectivity index (χ0n) is 18.7. The van der Waals surface area contributed by atoms with Crippen LogP contribution in [0.3, 0.4) is 0 Å². The molecule has 1 unspecified atom stereocenters. The van der Waals surface area contributed by atoms with E-state index in [9.17, 15) is 4.79 Å². The first-order chi connectivity index (χ1) is 16.1. The van der Waals surface area contributed by atoms with E-state index in [1.54, 1.807) is 6.33 Å². The first-order valence-electron chi connectivity index (χ1n) is 11.5. The summed E-state index contributed by atoms with van der Waals surface area (Å²) in [6, 6.07) is 14.2. The van der Waals surface area contributed by atoms with Crippen LogP contribution in [0.5, 0.6) is 0 Å². The number of hydrogen-bond acceptors (Lipinski definition) is 6. The van der Waals surface area contributed by atoms with Gasteiger partial charge in [0.15, 0.2) is 5.78 Å². The lowest BCUT2D eigenvalue weighted by atomic mass is 9.98. The predicted octanol–water partition coefficient (Wildman–Crippen LogP) is 3.11. The molecule has 7 nitrogen and oxygen atoms in total. The fourth-order valence-corrected chi connectivity index (χ4v) is 5.05. The maximum Gasteiger partial charge on any atom is 0.155 e. The van der Waals surface area contributed by atoms with E-state index in [1.807, 2.05) is 43.5 Å². The Hall–Kier alpha value is -3.42. The quantitative estimate of drug-likeness (QED) is 0.516. The number of nitrogens with one attached hydrogen (secondary N) is 1. The first-order valence-corrected chi connectivity index (χ1v) is 11.5. The van der Waals surface area contributed by atoms with E-state index < -0.39 is 0 Å². The average molecular weight is 439 g/mol. The fraction of sp³-hybridized carbons (Fsp3) is 0.308. The van der Waals surface area contributed by atoms with E-state index in [1.165, 1.54) is 0 Å². The normalized spacial score (nSPS) is 22.0. The number of piperazine rings is 3. The van der Waals surface area contributed by atoms with Crippen LogP contribution < -0.4 is 0 Å². The zero-order valence-corrected chi connectivity index (χ0v) is 18.7. The number of carbonyl (C=O) groups is 1. The predicted molar refractivity (Wildman–Crippen MR) is 128 cm³/mol. The molecule has 7 heteroatoms. The number of carbonyl (C=O) groups excluding carboxylic acids is 1. The lowest BCUT2D eigenvalue weighted by molar-refractivity contribution is -0.128. The van der Waals surface area contributed by atoms with Crippen molar-refractivity contribution in [3.63, 3.8) is 0 Å². The molecule has 0 saturated carbocycles. The minimum Gasteiger partial charge on any atom is -0.343 e. The maximum absolute atomic E-state index is 13.1. The number of aromatic amines is 1. The highest BCUT2D eigenvalue weighted by atomic mass is 16.1. The lowest BCUT2D eigenvalue weighted by Gasteiger charge is -2.46. The average Bonchev–Trinajstić information content (AvgIpc) is 3.34. The Morgan fingerprint density at radius 3 is 2.76 bits per heavy atom. The standard InChI is InChI=1S/C26H26N6O/c1-17-3-2-4-22(30-17)26-25(28-16-29-26)19-5-6-21-20(13-19)11-18(14-27-21)12-24(33)23-15-31-7-9-32(23)10-8-31/h2-6,11,13-14,16,23H,7-10,12,15H2,1H3,(H,28,29). The molecule has 3 fully saturated rings. The summed E-state index contributed by atoms with van der Waals surface area (Å²) in [4.78, 5) is 34.9. The fourth-order valence-electron chi connectivity index (χ4n) is 5.05. The molecule has 1 aromatic carbocycles. The third kappa shape index (κ3) is 3.83. The molecule has 7 rings (SSSR count). The molecule has 1 atom stereocenters. The molecule has 6 heterocycles. The van der Waals surface area contributed by atoms with Crippen molar-refractivity contribution in [1.82, 2.24) is 29.7 Å². The molecular weight excluding hydrogens is 412 g/mol. The Labute approximate surface area is 192 Å². The summed E-state index contributed by atoms with van der Waals surface area (Å²) in [7, 11) is 0. The molecule has 33 heavy (non-hydrogen) atoms. The van der Waals surface area contributed by atoms with Gasteiger partial charge in [-0.1, -0.05) is 12.1 Å². The van der Waals surface area contributed by atoms with Crippen molar-refractivity contribution in [2.24, 2.45) is 0 Å².